The Kier molecular flexibility index (Phi) is 7.46. The van der Waals surface area contributed by atoms with Crippen molar-refractivity contribution in [3.05, 3.63) is 53.1 Å². The van der Waals surface area contributed by atoms with Crippen molar-refractivity contribution < 1.29 is 17.9 Å². The van der Waals surface area contributed by atoms with Crippen LogP contribution in [0.1, 0.15) is 24.8 Å². The number of aryl methyl sites for hydroxylation is 1. The number of carbonyl (C=O) groups is 1. The van der Waals surface area contributed by atoms with Crippen LogP contribution in [0, 0.1) is 0 Å². The molecule has 0 spiro atoms. The van der Waals surface area contributed by atoms with Gasteiger partial charge in [0.05, 0.1) is 12.0 Å². The number of carbonyl (C=O) groups excluding carboxylic acids is 1. The molecule has 0 radical (unpaired) electrons. The number of halogens is 1. The predicted octanol–water partition coefficient (Wildman–Crippen LogP) is 3.41. The Morgan fingerprint density at radius 2 is 1.73 bits per heavy atom. The van der Waals surface area contributed by atoms with Gasteiger partial charge in [0.1, 0.15) is 5.75 Å². The van der Waals surface area contributed by atoms with Crippen molar-refractivity contribution >= 4 is 33.2 Å². The number of nitrogens with zero attached hydrogens (tertiary/aromatic N) is 3. The molecule has 0 unspecified atom stereocenters. The topological polar surface area (TPSA) is 70.2 Å². The lowest BCUT2D eigenvalue weighted by Gasteiger charge is -2.36. The van der Waals surface area contributed by atoms with Gasteiger partial charge in [0.2, 0.25) is 15.9 Å². The quantitative estimate of drug-likeness (QED) is 0.593. The van der Waals surface area contributed by atoms with Crippen LogP contribution in [-0.4, -0.2) is 69.9 Å². The SMILES string of the molecule is COc1ccc(S(=O)(=O)N2CCCC2)cc1CCC(=O)N1CCN(c2cccc(Cl)c2)CC1. The maximum Gasteiger partial charge on any atom is 0.243 e. The summed E-state index contributed by atoms with van der Waals surface area (Å²) >= 11 is 6.10. The molecular formula is C24H30ClN3O4S. The van der Waals surface area contributed by atoms with Crippen LogP contribution in [-0.2, 0) is 21.2 Å². The van der Waals surface area contributed by atoms with Gasteiger partial charge in [0, 0.05) is 56.4 Å². The van der Waals surface area contributed by atoms with E-state index in [0.717, 1.165) is 37.2 Å². The molecule has 1 amide bonds. The first-order valence-corrected chi connectivity index (χ1v) is 13.2. The van der Waals surface area contributed by atoms with Crippen LogP contribution in [0.4, 0.5) is 5.69 Å². The molecule has 2 aliphatic rings. The van der Waals surface area contributed by atoms with E-state index in [2.05, 4.69) is 4.90 Å². The summed E-state index contributed by atoms with van der Waals surface area (Å²) in [6, 6.07) is 12.7. The van der Waals surface area contributed by atoms with E-state index in [1.165, 1.54) is 4.31 Å². The zero-order chi connectivity index (χ0) is 23.4. The monoisotopic (exact) mass is 491 g/mol. The van der Waals surface area contributed by atoms with E-state index in [4.69, 9.17) is 16.3 Å². The Labute approximate surface area is 200 Å². The molecule has 0 aromatic heterocycles. The normalized spacial score (nSPS) is 17.4. The number of piperazine rings is 1. The van der Waals surface area contributed by atoms with Gasteiger partial charge >= 0.3 is 0 Å². The van der Waals surface area contributed by atoms with Crippen LogP contribution in [0.25, 0.3) is 0 Å². The van der Waals surface area contributed by atoms with E-state index < -0.39 is 10.0 Å². The van der Waals surface area contributed by atoms with Gasteiger partial charge < -0.3 is 14.5 Å². The molecule has 0 bridgehead atoms. The fraction of sp³-hybridized carbons (Fsp3) is 0.458. The van der Waals surface area contributed by atoms with Gasteiger partial charge in [0.25, 0.3) is 0 Å². The number of ether oxygens (including phenoxy) is 1. The van der Waals surface area contributed by atoms with Crippen LogP contribution < -0.4 is 9.64 Å². The minimum atomic E-state index is -3.51. The summed E-state index contributed by atoms with van der Waals surface area (Å²) in [7, 11) is -1.95. The Bertz CT molecular complexity index is 1090. The summed E-state index contributed by atoms with van der Waals surface area (Å²) < 4.78 is 32.8. The molecule has 2 aromatic rings. The van der Waals surface area contributed by atoms with Crippen LogP contribution >= 0.6 is 11.6 Å². The Hall–Kier alpha value is -2.29. The molecule has 178 valence electrons. The number of benzene rings is 2. The van der Waals surface area contributed by atoms with Gasteiger partial charge in [-0.1, -0.05) is 17.7 Å². The first-order chi connectivity index (χ1) is 15.9. The van der Waals surface area contributed by atoms with Gasteiger partial charge in [-0.05, 0) is 61.2 Å². The molecule has 7 nitrogen and oxygen atoms in total. The van der Waals surface area contributed by atoms with Crippen LogP contribution in [0.3, 0.4) is 0 Å². The van der Waals surface area contributed by atoms with E-state index in [9.17, 15) is 13.2 Å². The fourth-order valence-electron chi connectivity index (χ4n) is 4.47. The summed E-state index contributed by atoms with van der Waals surface area (Å²) in [6.45, 7) is 3.91. The van der Waals surface area contributed by atoms with Gasteiger partial charge in [-0.25, -0.2) is 8.42 Å². The largest absolute Gasteiger partial charge is 0.496 e. The number of rotatable bonds is 7. The van der Waals surface area contributed by atoms with Crippen LogP contribution in [0.15, 0.2) is 47.4 Å². The van der Waals surface area contributed by atoms with Crippen molar-refractivity contribution in [2.45, 2.75) is 30.6 Å². The highest BCUT2D eigenvalue weighted by Gasteiger charge is 2.28. The predicted molar refractivity (Wildman–Crippen MR) is 130 cm³/mol. The van der Waals surface area contributed by atoms with Crippen molar-refractivity contribution in [3.63, 3.8) is 0 Å². The van der Waals surface area contributed by atoms with Gasteiger partial charge in [-0.3, -0.25) is 4.79 Å². The maximum atomic E-state index is 12.9. The summed E-state index contributed by atoms with van der Waals surface area (Å²) in [5.41, 5.74) is 1.80. The third-order valence-corrected chi connectivity index (χ3v) is 8.50. The number of hydrogen-bond acceptors (Lipinski definition) is 5. The van der Waals surface area contributed by atoms with Gasteiger partial charge in [0.15, 0.2) is 0 Å². The molecule has 2 heterocycles. The third-order valence-electron chi connectivity index (χ3n) is 6.37. The van der Waals surface area contributed by atoms with E-state index in [1.54, 1.807) is 25.3 Å². The highest BCUT2D eigenvalue weighted by Crippen LogP contribution is 2.28. The summed E-state index contributed by atoms with van der Waals surface area (Å²) in [4.78, 5) is 17.2. The Balaban J connectivity index is 1.38. The van der Waals surface area contributed by atoms with Gasteiger partial charge in [-0.2, -0.15) is 4.31 Å². The minimum absolute atomic E-state index is 0.0654. The zero-order valence-electron chi connectivity index (χ0n) is 18.9. The number of amides is 1. The second-order valence-corrected chi connectivity index (χ2v) is 10.8. The molecule has 2 aliphatic heterocycles. The highest BCUT2D eigenvalue weighted by molar-refractivity contribution is 7.89. The second-order valence-electron chi connectivity index (χ2n) is 8.43. The lowest BCUT2D eigenvalue weighted by Crippen LogP contribution is -2.48. The first kappa shape index (κ1) is 23.9. The number of methoxy groups -OCH3 is 1. The molecule has 33 heavy (non-hydrogen) atoms. The number of sulfonamides is 1. The zero-order valence-corrected chi connectivity index (χ0v) is 20.4. The molecule has 0 saturated carbocycles. The minimum Gasteiger partial charge on any atom is -0.496 e. The second kappa shape index (κ2) is 10.3. The molecule has 0 N–H and O–H groups in total. The number of anilines is 1. The van der Waals surface area contributed by atoms with Crippen molar-refractivity contribution in [1.82, 2.24) is 9.21 Å². The molecule has 0 atom stereocenters. The van der Waals surface area contributed by atoms with E-state index >= 15 is 0 Å². The average Bonchev–Trinajstić information content (AvgIpc) is 3.38. The summed E-state index contributed by atoms with van der Waals surface area (Å²) in [6.07, 6.45) is 2.52. The highest BCUT2D eigenvalue weighted by atomic mass is 35.5. The average molecular weight is 492 g/mol. The van der Waals surface area contributed by atoms with Crippen molar-refractivity contribution in [2.75, 3.05) is 51.3 Å². The molecular weight excluding hydrogens is 462 g/mol. The van der Waals surface area contributed by atoms with Crippen molar-refractivity contribution in [3.8, 4) is 5.75 Å². The first-order valence-electron chi connectivity index (χ1n) is 11.3. The lowest BCUT2D eigenvalue weighted by molar-refractivity contribution is -0.131. The van der Waals surface area contributed by atoms with Crippen LogP contribution in [0.2, 0.25) is 5.02 Å². The van der Waals surface area contributed by atoms with E-state index in [1.807, 2.05) is 29.2 Å². The van der Waals surface area contributed by atoms with Crippen molar-refractivity contribution in [1.29, 1.82) is 0 Å². The summed E-state index contributed by atoms with van der Waals surface area (Å²) in [5.74, 6) is 0.671. The lowest BCUT2D eigenvalue weighted by atomic mass is 10.1. The van der Waals surface area contributed by atoms with E-state index in [-0.39, 0.29) is 10.8 Å². The fourth-order valence-corrected chi connectivity index (χ4v) is 6.23. The molecule has 0 aliphatic carbocycles. The Morgan fingerprint density at radius 3 is 2.39 bits per heavy atom. The molecule has 4 rings (SSSR count). The van der Waals surface area contributed by atoms with E-state index in [0.29, 0.717) is 49.8 Å². The number of hydrogen-bond donors (Lipinski definition) is 0. The van der Waals surface area contributed by atoms with Crippen molar-refractivity contribution in [2.24, 2.45) is 0 Å². The third kappa shape index (κ3) is 5.45. The molecule has 2 saturated heterocycles. The molecule has 2 aromatic carbocycles. The Morgan fingerprint density at radius 1 is 1.00 bits per heavy atom. The standard InChI is InChI=1S/C24H30ClN3O4S/c1-32-23-9-8-22(33(30,31)28-11-2-3-12-28)17-19(23)7-10-24(29)27-15-13-26(14-16-27)21-6-4-5-20(25)18-21/h4-6,8-9,17-18H,2-3,7,10-16H2,1H3. The summed E-state index contributed by atoms with van der Waals surface area (Å²) in [5, 5.41) is 0.703. The molecule has 2 fully saturated rings. The maximum absolute atomic E-state index is 12.9. The molecule has 9 heteroatoms. The van der Waals surface area contributed by atoms with Gasteiger partial charge in [-0.15, -0.1) is 0 Å². The van der Waals surface area contributed by atoms with Crippen LogP contribution in [0.5, 0.6) is 5.75 Å². The smallest absolute Gasteiger partial charge is 0.243 e.